The summed E-state index contributed by atoms with van der Waals surface area (Å²) in [6.07, 6.45) is 0.677. The summed E-state index contributed by atoms with van der Waals surface area (Å²) in [5.74, 6) is -0.571. The first-order chi connectivity index (χ1) is 14.4. The highest BCUT2D eigenvalue weighted by molar-refractivity contribution is 6.35. The zero-order chi connectivity index (χ0) is 21.7. The number of amides is 2. The number of carbonyl (C=O) groups is 2. The molecule has 0 spiro atoms. The lowest BCUT2D eigenvalue weighted by atomic mass is 10.1. The fourth-order valence-electron chi connectivity index (χ4n) is 3.18. The molecular formula is C22H22Cl2N2O4. The molecule has 0 aliphatic rings. The summed E-state index contributed by atoms with van der Waals surface area (Å²) < 4.78 is 11.1. The maximum atomic E-state index is 13.3. The number of ether oxygens (including phenoxy) is 1. The number of hydrogen-bond acceptors (Lipinski definition) is 4. The number of anilines is 1. The van der Waals surface area contributed by atoms with E-state index < -0.39 is 0 Å². The fourth-order valence-corrected chi connectivity index (χ4v) is 3.52. The summed E-state index contributed by atoms with van der Waals surface area (Å²) in [4.78, 5) is 27.3. The number of fused-ring (bicyclic) bond motifs is 1. The predicted octanol–water partition coefficient (Wildman–Crippen LogP) is 5.38. The van der Waals surface area contributed by atoms with Gasteiger partial charge in [0.2, 0.25) is 5.91 Å². The Hall–Kier alpha value is -2.54. The Morgan fingerprint density at radius 3 is 2.67 bits per heavy atom. The van der Waals surface area contributed by atoms with Crippen LogP contribution in [0.4, 0.5) is 5.69 Å². The molecule has 2 aromatic carbocycles. The number of carbonyl (C=O) groups excluding carboxylic acids is 2. The molecule has 0 saturated heterocycles. The molecule has 30 heavy (non-hydrogen) atoms. The third-order valence-corrected chi connectivity index (χ3v) is 5.06. The van der Waals surface area contributed by atoms with E-state index >= 15 is 0 Å². The lowest BCUT2D eigenvalue weighted by molar-refractivity contribution is -0.116. The zero-order valence-electron chi connectivity index (χ0n) is 16.7. The molecule has 2 amide bonds. The van der Waals surface area contributed by atoms with Crippen molar-refractivity contribution in [2.45, 2.75) is 20.0 Å². The van der Waals surface area contributed by atoms with Crippen LogP contribution in [-0.4, -0.2) is 36.9 Å². The summed E-state index contributed by atoms with van der Waals surface area (Å²) in [6.45, 7) is 2.39. The van der Waals surface area contributed by atoms with Crippen LogP contribution in [-0.2, 0) is 16.1 Å². The topological polar surface area (TPSA) is 71.8 Å². The van der Waals surface area contributed by atoms with Crippen molar-refractivity contribution >= 4 is 51.7 Å². The summed E-state index contributed by atoms with van der Waals surface area (Å²) >= 11 is 12.1. The Labute approximate surface area is 184 Å². The van der Waals surface area contributed by atoms with Gasteiger partial charge < -0.3 is 19.4 Å². The van der Waals surface area contributed by atoms with Gasteiger partial charge in [-0.3, -0.25) is 9.59 Å². The average Bonchev–Trinajstić information content (AvgIpc) is 3.09. The standard InChI is InChI=1S/C22H22Cl2N2O4/c1-3-10-26(12-20(27)25-18-11-14(23)8-9-17(18)24)22(28)21-16(13-29-2)15-6-4-5-7-19(15)30-21/h4-9,11H,3,10,12-13H2,1-2H3,(H,25,27). The van der Waals surface area contributed by atoms with Crippen molar-refractivity contribution < 1.29 is 18.7 Å². The van der Waals surface area contributed by atoms with Crippen molar-refractivity contribution in [3.8, 4) is 0 Å². The molecule has 6 nitrogen and oxygen atoms in total. The molecule has 8 heteroatoms. The molecule has 1 aromatic heterocycles. The number of halogens is 2. The largest absolute Gasteiger partial charge is 0.451 e. The van der Waals surface area contributed by atoms with Gasteiger partial charge in [0.05, 0.1) is 17.3 Å². The van der Waals surface area contributed by atoms with E-state index in [4.69, 9.17) is 32.4 Å². The lowest BCUT2D eigenvalue weighted by Gasteiger charge is -2.21. The Morgan fingerprint density at radius 1 is 1.17 bits per heavy atom. The van der Waals surface area contributed by atoms with Crippen LogP contribution in [0.1, 0.15) is 29.5 Å². The second kappa shape index (κ2) is 9.98. The summed E-state index contributed by atoms with van der Waals surface area (Å²) in [5.41, 5.74) is 1.65. The summed E-state index contributed by atoms with van der Waals surface area (Å²) in [6, 6.07) is 12.2. The maximum Gasteiger partial charge on any atom is 0.290 e. The number of nitrogens with one attached hydrogen (secondary N) is 1. The Kier molecular flexibility index (Phi) is 7.37. The predicted molar refractivity (Wildman–Crippen MR) is 118 cm³/mol. The number of para-hydroxylation sites is 1. The van der Waals surface area contributed by atoms with E-state index in [0.717, 1.165) is 5.39 Å². The first kappa shape index (κ1) is 22.2. The van der Waals surface area contributed by atoms with Gasteiger partial charge in [-0.2, -0.15) is 0 Å². The number of methoxy groups -OCH3 is 1. The molecule has 0 aliphatic carbocycles. The van der Waals surface area contributed by atoms with E-state index in [1.54, 1.807) is 31.4 Å². The molecule has 0 saturated carbocycles. The molecular weight excluding hydrogens is 427 g/mol. The van der Waals surface area contributed by atoms with Gasteiger partial charge in [-0.1, -0.05) is 48.3 Å². The van der Waals surface area contributed by atoms with Gasteiger partial charge in [-0.15, -0.1) is 0 Å². The van der Waals surface area contributed by atoms with Crippen molar-refractivity contribution in [2.24, 2.45) is 0 Å². The molecule has 0 fully saturated rings. The van der Waals surface area contributed by atoms with Gasteiger partial charge in [-0.05, 0) is 30.7 Å². The smallest absolute Gasteiger partial charge is 0.290 e. The summed E-state index contributed by atoms with van der Waals surface area (Å²) in [5, 5.41) is 4.33. The third kappa shape index (κ3) is 4.95. The van der Waals surface area contributed by atoms with Crippen LogP contribution in [0.25, 0.3) is 11.0 Å². The second-order valence-electron chi connectivity index (χ2n) is 6.74. The van der Waals surface area contributed by atoms with Crippen molar-refractivity contribution in [3.05, 3.63) is 63.8 Å². The van der Waals surface area contributed by atoms with Crippen LogP contribution in [0.15, 0.2) is 46.9 Å². The van der Waals surface area contributed by atoms with E-state index in [2.05, 4.69) is 5.32 Å². The van der Waals surface area contributed by atoms with Crippen LogP contribution in [0.5, 0.6) is 0 Å². The van der Waals surface area contributed by atoms with Crippen molar-refractivity contribution in [1.29, 1.82) is 0 Å². The minimum atomic E-state index is -0.384. The van der Waals surface area contributed by atoms with Gasteiger partial charge >= 0.3 is 0 Å². The molecule has 0 radical (unpaired) electrons. The normalized spacial score (nSPS) is 10.9. The number of hydrogen-bond donors (Lipinski definition) is 1. The van der Waals surface area contributed by atoms with Gasteiger partial charge in [0.25, 0.3) is 5.91 Å². The third-order valence-electron chi connectivity index (χ3n) is 4.50. The molecule has 0 bridgehead atoms. The number of rotatable bonds is 8. The Morgan fingerprint density at radius 2 is 1.93 bits per heavy atom. The quantitative estimate of drug-likeness (QED) is 0.502. The van der Waals surface area contributed by atoms with E-state index in [1.165, 1.54) is 4.90 Å². The molecule has 0 unspecified atom stereocenters. The van der Waals surface area contributed by atoms with Crippen LogP contribution in [0.2, 0.25) is 10.0 Å². The molecule has 0 aliphatic heterocycles. The van der Waals surface area contributed by atoms with Crippen molar-refractivity contribution in [1.82, 2.24) is 4.90 Å². The van der Waals surface area contributed by atoms with Crippen molar-refractivity contribution in [3.63, 3.8) is 0 Å². The first-order valence-electron chi connectivity index (χ1n) is 9.48. The average molecular weight is 449 g/mol. The van der Waals surface area contributed by atoms with Crippen LogP contribution < -0.4 is 5.32 Å². The molecule has 1 heterocycles. The van der Waals surface area contributed by atoms with Gasteiger partial charge in [-0.25, -0.2) is 0 Å². The highest BCUT2D eigenvalue weighted by Gasteiger charge is 2.26. The number of benzene rings is 2. The molecule has 3 rings (SSSR count). The van der Waals surface area contributed by atoms with E-state index in [9.17, 15) is 9.59 Å². The maximum absolute atomic E-state index is 13.3. The second-order valence-corrected chi connectivity index (χ2v) is 7.58. The Bertz CT molecular complexity index is 1060. The lowest BCUT2D eigenvalue weighted by Crippen LogP contribution is -2.38. The highest BCUT2D eigenvalue weighted by Crippen LogP contribution is 2.28. The van der Waals surface area contributed by atoms with E-state index in [-0.39, 0.29) is 30.7 Å². The number of nitrogens with zero attached hydrogens (tertiary/aromatic N) is 1. The van der Waals surface area contributed by atoms with Crippen molar-refractivity contribution in [2.75, 3.05) is 25.5 Å². The highest BCUT2D eigenvalue weighted by atomic mass is 35.5. The van der Waals surface area contributed by atoms with Gasteiger partial charge in [0, 0.05) is 29.6 Å². The van der Waals surface area contributed by atoms with Gasteiger partial charge in [0.1, 0.15) is 12.1 Å². The zero-order valence-corrected chi connectivity index (χ0v) is 18.2. The number of furan rings is 1. The molecule has 0 atom stereocenters. The Balaban J connectivity index is 1.84. The van der Waals surface area contributed by atoms with E-state index in [0.29, 0.717) is 39.8 Å². The van der Waals surface area contributed by atoms with Gasteiger partial charge in [0.15, 0.2) is 5.76 Å². The fraction of sp³-hybridized carbons (Fsp3) is 0.273. The monoisotopic (exact) mass is 448 g/mol. The van der Waals surface area contributed by atoms with Crippen LogP contribution in [0.3, 0.4) is 0 Å². The molecule has 158 valence electrons. The van der Waals surface area contributed by atoms with Crippen LogP contribution in [0, 0.1) is 0 Å². The first-order valence-corrected chi connectivity index (χ1v) is 10.2. The molecule has 3 aromatic rings. The van der Waals surface area contributed by atoms with E-state index in [1.807, 2.05) is 25.1 Å². The minimum absolute atomic E-state index is 0.154. The molecule has 1 N–H and O–H groups in total. The SMILES string of the molecule is CCCN(CC(=O)Nc1cc(Cl)ccc1Cl)C(=O)c1oc2ccccc2c1COC. The minimum Gasteiger partial charge on any atom is -0.451 e. The van der Waals surface area contributed by atoms with Crippen LogP contribution >= 0.6 is 23.2 Å². The summed E-state index contributed by atoms with van der Waals surface area (Å²) in [7, 11) is 1.56.